The first-order valence-electron chi connectivity index (χ1n) is 11.3. The highest BCUT2D eigenvalue weighted by atomic mass is 35.5. The molecule has 0 spiro atoms. The first-order chi connectivity index (χ1) is 17.1. The molecule has 214 valence electrons. The summed E-state index contributed by atoms with van der Waals surface area (Å²) in [7, 11) is 0. The van der Waals surface area contributed by atoms with Crippen molar-refractivity contribution in [1.82, 2.24) is 20.2 Å². The molecule has 0 aliphatic carbocycles. The fourth-order valence-corrected chi connectivity index (χ4v) is 3.51. The summed E-state index contributed by atoms with van der Waals surface area (Å²) in [6.07, 6.45) is -1.11. The number of nitrogens with zero attached hydrogens (tertiary/aromatic N) is 3. The van der Waals surface area contributed by atoms with Gasteiger partial charge in [0.25, 0.3) is 5.91 Å². The number of anilines is 2. The molecule has 38 heavy (non-hydrogen) atoms. The van der Waals surface area contributed by atoms with Crippen LogP contribution in [-0.2, 0) is 0 Å². The summed E-state index contributed by atoms with van der Waals surface area (Å²) in [4.78, 5) is 22.1. The molecule has 3 atom stereocenters. The van der Waals surface area contributed by atoms with Crippen LogP contribution in [0.1, 0.15) is 41.9 Å². The molecular weight excluding hydrogens is 563 g/mol. The van der Waals surface area contributed by atoms with E-state index >= 15 is 0 Å². The number of nitrogens with one attached hydrogen (secondary N) is 2. The molecule has 11 N–H and O–H groups in total. The van der Waals surface area contributed by atoms with Crippen LogP contribution in [0, 0.1) is 5.41 Å². The van der Waals surface area contributed by atoms with Crippen molar-refractivity contribution >= 4 is 59.9 Å². The lowest BCUT2D eigenvalue weighted by molar-refractivity contribution is -0.0130. The van der Waals surface area contributed by atoms with Gasteiger partial charge in [0, 0.05) is 13.1 Å². The molecule has 0 fully saturated rings. The van der Waals surface area contributed by atoms with Crippen LogP contribution in [0.25, 0.3) is 0 Å². The number of amides is 1. The predicted molar refractivity (Wildman–Crippen MR) is 150 cm³/mol. The topological polar surface area (TPSA) is 230 Å². The smallest absolute Gasteiger partial charge is 0.283 e. The Morgan fingerprint density at radius 1 is 1.16 bits per heavy atom. The van der Waals surface area contributed by atoms with E-state index in [0.717, 1.165) is 4.90 Å². The van der Waals surface area contributed by atoms with Gasteiger partial charge in [0.2, 0.25) is 0 Å². The van der Waals surface area contributed by atoms with Gasteiger partial charge in [0.15, 0.2) is 28.4 Å². The molecule has 0 aliphatic rings. The van der Waals surface area contributed by atoms with Gasteiger partial charge in [-0.15, -0.1) is 24.8 Å². The third-order valence-electron chi connectivity index (χ3n) is 5.26. The molecule has 1 unspecified atom stereocenters. The number of carbonyl (C=O) groups is 1. The van der Waals surface area contributed by atoms with E-state index in [9.17, 15) is 15.0 Å². The van der Waals surface area contributed by atoms with Crippen LogP contribution in [0.4, 0.5) is 11.6 Å². The Balaban J connectivity index is 0.00000684. The molecular formula is C22H35Cl3N8O5. The number of rotatable bonds is 13. The second-order valence-electron chi connectivity index (χ2n) is 7.94. The first kappa shape index (κ1) is 35.4. The van der Waals surface area contributed by atoms with Crippen LogP contribution < -0.4 is 27.3 Å². The minimum atomic E-state index is -1.20. The SMILES string of the molecule is CCCC(c1ccc(OCCNC[C@H](O)[C@H](O)CO)cc1)N(C(=N)N)C(=O)c1nc(Cl)c(N)nc1N.Cl.Cl. The van der Waals surface area contributed by atoms with Gasteiger partial charge < -0.3 is 42.6 Å². The number of hydrogen-bond donors (Lipinski definition) is 8. The Kier molecular flexibility index (Phi) is 15.9. The molecule has 0 bridgehead atoms. The largest absolute Gasteiger partial charge is 0.492 e. The van der Waals surface area contributed by atoms with Gasteiger partial charge in [-0.2, -0.15) is 0 Å². The molecule has 0 saturated heterocycles. The summed E-state index contributed by atoms with van der Waals surface area (Å²) in [5.41, 5.74) is 17.7. The Hall–Kier alpha value is -2.65. The number of guanidine groups is 1. The number of nitrogens with two attached hydrogens (primary N) is 3. The third kappa shape index (κ3) is 9.58. The number of nitrogen functional groups attached to an aromatic ring is 2. The lowest BCUT2D eigenvalue weighted by Gasteiger charge is -2.30. The summed E-state index contributed by atoms with van der Waals surface area (Å²) in [6.45, 7) is 2.20. The number of hydrogen-bond acceptors (Lipinski definition) is 11. The highest BCUT2D eigenvalue weighted by Crippen LogP contribution is 2.30. The molecule has 1 aromatic heterocycles. The average Bonchev–Trinajstić information content (AvgIpc) is 2.85. The van der Waals surface area contributed by atoms with Gasteiger partial charge >= 0.3 is 0 Å². The molecule has 16 heteroatoms. The second-order valence-corrected chi connectivity index (χ2v) is 8.30. The van der Waals surface area contributed by atoms with E-state index in [0.29, 0.717) is 30.7 Å². The van der Waals surface area contributed by atoms with Crippen molar-refractivity contribution < 1.29 is 24.9 Å². The number of ether oxygens (including phenoxy) is 1. The highest BCUT2D eigenvalue weighted by Gasteiger charge is 2.31. The summed E-state index contributed by atoms with van der Waals surface area (Å²) in [5.74, 6) is -0.998. The maximum Gasteiger partial charge on any atom is 0.283 e. The summed E-state index contributed by atoms with van der Waals surface area (Å²) in [5, 5.41) is 38.5. The van der Waals surface area contributed by atoms with Crippen LogP contribution in [0.3, 0.4) is 0 Å². The molecule has 13 nitrogen and oxygen atoms in total. The normalized spacial score (nSPS) is 12.9. The van der Waals surface area contributed by atoms with Gasteiger partial charge in [-0.05, 0) is 24.1 Å². The van der Waals surface area contributed by atoms with Crippen LogP contribution in [-0.4, -0.2) is 80.6 Å². The summed E-state index contributed by atoms with van der Waals surface area (Å²) >= 11 is 5.92. The maximum absolute atomic E-state index is 13.3. The molecule has 2 aromatic rings. The molecule has 2 rings (SSSR count). The average molecular weight is 598 g/mol. The lowest BCUT2D eigenvalue weighted by atomic mass is 10.00. The maximum atomic E-state index is 13.3. The van der Waals surface area contributed by atoms with Crippen LogP contribution in [0.15, 0.2) is 24.3 Å². The fourth-order valence-electron chi connectivity index (χ4n) is 3.39. The third-order valence-corrected chi connectivity index (χ3v) is 5.53. The lowest BCUT2D eigenvalue weighted by Crippen LogP contribution is -2.44. The van der Waals surface area contributed by atoms with E-state index in [4.69, 9.17) is 44.1 Å². The van der Waals surface area contributed by atoms with E-state index in [1.54, 1.807) is 24.3 Å². The monoisotopic (exact) mass is 596 g/mol. The second kappa shape index (κ2) is 17.0. The molecule has 1 amide bonds. The number of carbonyl (C=O) groups excluding carboxylic acids is 1. The summed E-state index contributed by atoms with van der Waals surface area (Å²) < 4.78 is 5.67. The van der Waals surface area contributed by atoms with Gasteiger partial charge in [-0.1, -0.05) is 37.1 Å². The Bertz CT molecular complexity index is 1030. The van der Waals surface area contributed by atoms with Crippen LogP contribution in [0.2, 0.25) is 5.15 Å². The summed E-state index contributed by atoms with van der Waals surface area (Å²) in [6, 6.07) is 6.38. The first-order valence-corrected chi connectivity index (χ1v) is 11.6. The van der Waals surface area contributed by atoms with E-state index in [-0.39, 0.29) is 60.4 Å². The van der Waals surface area contributed by atoms with Gasteiger partial charge in [-0.25, -0.2) is 9.97 Å². The number of aliphatic hydroxyl groups is 3. The van der Waals surface area contributed by atoms with Crippen LogP contribution in [0.5, 0.6) is 5.75 Å². The van der Waals surface area contributed by atoms with Crippen molar-refractivity contribution in [3.05, 3.63) is 40.7 Å². The number of aromatic nitrogens is 2. The van der Waals surface area contributed by atoms with Gasteiger partial charge in [0.1, 0.15) is 18.5 Å². The Labute approximate surface area is 238 Å². The van der Waals surface area contributed by atoms with E-state index in [1.165, 1.54) is 0 Å². The van der Waals surface area contributed by atoms with Gasteiger partial charge in [-0.3, -0.25) is 15.1 Å². The minimum Gasteiger partial charge on any atom is -0.492 e. The Morgan fingerprint density at radius 3 is 2.34 bits per heavy atom. The van der Waals surface area contributed by atoms with Crippen molar-refractivity contribution in [3.63, 3.8) is 0 Å². The van der Waals surface area contributed by atoms with Crippen molar-refractivity contribution in [2.45, 2.75) is 38.0 Å². The van der Waals surface area contributed by atoms with Crippen molar-refractivity contribution in [2.75, 3.05) is 37.8 Å². The number of benzene rings is 1. The van der Waals surface area contributed by atoms with E-state index in [1.807, 2.05) is 6.92 Å². The predicted octanol–water partition coefficient (Wildman–Crippen LogP) is 0.698. The van der Waals surface area contributed by atoms with E-state index < -0.39 is 36.7 Å². The zero-order valence-corrected chi connectivity index (χ0v) is 23.1. The van der Waals surface area contributed by atoms with Crippen molar-refractivity contribution in [1.29, 1.82) is 5.41 Å². The minimum absolute atomic E-state index is 0. The molecule has 0 aliphatic heterocycles. The standard InChI is InChI=1S/C22H33ClN8O5.2ClH/c1-2-3-14(31(22(26)27)21(35)17-19(24)30-20(25)18(23)29-17)12-4-6-13(7-5-12)36-9-8-28-10-15(33)16(34)11-32;;/h4-7,14-16,28,32-34H,2-3,8-11H2,1H3,(H3,26,27)(H4,24,25,30);2*1H/t14?,15-,16+;;/m0../s1. The van der Waals surface area contributed by atoms with Crippen LogP contribution >= 0.6 is 36.4 Å². The number of halogens is 3. The van der Waals surface area contributed by atoms with Crippen molar-refractivity contribution in [2.24, 2.45) is 5.73 Å². The fraction of sp³-hybridized carbons (Fsp3) is 0.455. The van der Waals surface area contributed by atoms with Gasteiger partial charge in [0.05, 0.1) is 18.8 Å². The number of aliphatic hydroxyl groups excluding tert-OH is 3. The molecule has 1 aromatic carbocycles. The van der Waals surface area contributed by atoms with E-state index in [2.05, 4.69) is 15.3 Å². The molecule has 0 saturated carbocycles. The van der Waals surface area contributed by atoms with Crippen molar-refractivity contribution in [3.8, 4) is 5.75 Å². The quantitative estimate of drug-likeness (QED) is 0.0909. The molecule has 1 heterocycles. The zero-order chi connectivity index (χ0) is 26.8. The zero-order valence-electron chi connectivity index (χ0n) is 20.7. The highest BCUT2D eigenvalue weighted by molar-refractivity contribution is 6.31. The molecule has 0 radical (unpaired) electrons. The Morgan fingerprint density at radius 2 is 1.79 bits per heavy atom.